The van der Waals surface area contributed by atoms with Crippen LogP contribution in [-0.4, -0.2) is 48.1 Å². The van der Waals surface area contributed by atoms with E-state index < -0.39 is 0 Å². The zero-order chi connectivity index (χ0) is 12.3. The lowest BCUT2D eigenvalue weighted by Crippen LogP contribution is -2.45. The molecule has 0 amide bonds. The van der Waals surface area contributed by atoms with E-state index in [9.17, 15) is 0 Å². The maximum absolute atomic E-state index is 5.71. The normalized spacial score (nSPS) is 20.9. The summed E-state index contributed by atoms with van der Waals surface area (Å²) in [6, 6.07) is 0.594. The summed E-state index contributed by atoms with van der Waals surface area (Å²) in [5, 5.41) is 0. The maximum atomic E-state index is 5.71. The summed E-state index contributed by atoms with van der Waals surface area (Å²) < 4.78 is 0. The topological polar surface area (TPSA) is 58.3 Å². The molecule has 5 heteroatoms. The van der Waals surface area contributed by atoms with Crippen LogP contribution in [0.15, 0.2) is 12.4 Å². The van der Waals surface area contributed by atoms with Crippen LogP contribution in [0.3, 0.4) is 0 Å². The van der Waals surface area contributed by atoms with Gasteiger partial charge in [0.25, 0.3) is 0 Å². The fourth-order valence-electron chi connectivity index (χ4n) is 2.34. The lowest BCUT2D eigenvalue weighted by molar-refractivity contribution is 0.257. The quantitative estimate of drug-likeness (QED) is 0.825. The third-order valence-electron chi connectivity index (χ3n) is 3.37. The molecule has 2 N–H and O–H groups in total. The number of rotatable bonds is 3. The van der Waals surface area contributed by atoms with Crippen LogP contribution in [0.4, 0.5) is 5.82 Å². The van der Waals surface area contributed by atoms with Crippen LogP contribution in [0.2, 0.25) is 0 Å². The summed E-state index contributed by atoms with van der Waals surface area (Å²) in [5.41, 5.74) is 6.61. The first kappa shape index (κ1) is 12.3. The van der Waals surface area contributed by atoms with Crippen LogP contribution in [0.1, 0.15) is 18.5 Å². The lowest BCUT2D eigenvalue weighted by atomic mass is 10.0. The van der Waals surface area contributed by atoms with E-state index in [0.29, 0.717) is 12.6 Å². The molecule has 1 aromatic heterocycles. The monoisotopic (exact) mass is 235 g/mol. The van der Waals surface area contributed by atoms with Crippen molar-refractivity contribution >= 4 is 5.82 Å². The Kier molecular flexibility index (Phi) is 3.91. The van der Waals surface area contributed by atoms with Gasteiger partial charge in [0, 0.05) is 38.1 Å². The van der Waals surface area contributed by atoms with Gasteiger partial charge in [-0.15, -0.1) is 0 Å². The molecule has 1 aliphatic heterocycles. The van der Waals surface area contributed by atoms with Crippen molar-refractivity contribution in [1.29, 1.82) is 0 Å². The van der Waals surface area contributed by atoms with Crippen molar-refractivity contribution < 1.29 is 0 Å². The van der Waals surface area contributed by atoms with E-state index in [2.05, 4.69) is 33.9 Å². The van der Waals surface area contributed by atoms with Crippen LogP contribution in [0.5, 0.6) is 0 Å². The molecule has 1 fully saturated rings. The van der Waals surface area contributed by atoms with E-state index in [1.165, 1.54) is 12.8 Å². The van der Waals surface area contributed by atoms with Crippen molar-refractivity contribution in [2.45, 2.75) is 25.4 Å². The summed E-state index contributed by atoms with van der Waals surface area (Å²) in [6.07, 6.45) is 5.90. The first-order valence-corrected chi connectivity index (χ1v) is 6.13. The summed E-state index contributed by atoms with van der Waals surface area (Å²) >= 11 is 0. The summed E-state index contributed by atoms with van der Waals surface area (Å²) in [4.78, 5) is 13.3. The van der Waals surface area contributed by atoms with Gasteiger partial charge in [0.1, 0.15) is 0 Å². The van der Waals surface area contributed by atoms with Crippen LogP contribution in [0.25, 0.3) is 0 Å². The van der Waals surface area contributed by atoms with Gasteiger partial charge in [-0.1, -0.05) is 0 Å². The number of likely N-dealkylation sites (N-methyl/N-ethyl adjacent to an activating group) is 1. The van der Waals surface area contributed by atoms with Crippen molar-refractivity contribution in [1.82, 2.24) is 14.9 Å². The summed E-state index contributed by atoms with van der Waals surface area (Å²) in [6.45, 7) is 2.51. The number of hydrogen-bond acceptors (Lipinski definition) is 5. The molecular formula is C12H21N5. The fraction of sp³-hybridized carbons (Fsp3) is 0.667. The molecule has 1 aliphatic rings. The number of anilines is 1. The van der Waals surface area contributed by atoms with Gasteiger partial charge < -0.3 is 15.5 Å². The Morgan fingerprint density at radius 2 is 2.18 bits per heavy atom. The van der Waals surface area contributed by atoms with Crippen molar-refractivity contribution in [2.75, 3.05) is 32.1 Å². The second-order valence-corrected chi connectivity index (χ2v) is 4.74. The van der Waals surface area contributed by atoms with Gasteiger partial charge >= 0.3 is 0 Å². The zero-order valence-electron chi connectivity index (χ0n) is 10.6. The molecule has 5 nitrogen and oxygen atoms in total. The molecule has 2 heterocycles. The van der Waals surface area contributed by atoms with Gasteiger partial charge in [0.2, 0.25) is 0 Å². The maximum Gasteiger partial charge on any atom is 0.151 e. The van der Waals surface area contributed by atoms with Crippen molar-refractivity contribution in [3.05, 3.63) is 18.1 Å². The second kappa shape index (κ2) is 5.42. The van der Waals surface area contributed by atoms with Crippen LogP contribution in [0, 0.1) is 0 Å². The van der Waals surface area contributed by atoms with E-state index in [4.69, 9.17) is 5.73 Å². The highest BCUT2D eigenvalue weighted by atomic mass is 15.2. The highest BCUT2D eigenvalue weighted by Gasteiger charge is 2.23. The Morgan fingerprint density at radius 3 is 2.88 bits per heavy atom. The Labute approximate surface area is 103 Å². The number of aromatic nitrogens is 2. The lowest BCUT2D eigenvalue weighted by Gasteiger charge is -2.37. The SMILES string of the molecule is CN(C)C1CCCN(c2nccnc2CN)C1. The highest BCUT2D eigenvalue weighted by molar-refractivity contribution is 5.43. The Balaban J connectivity index is 2.16. The van der Waals surface area contributed by atoms with Crippen molar-refractivity contribution in [2.24, 2.45) is 5.73 Å². The molecule has 1 unspecified atom stereocenters. The number of piperidine rings is 1. The third-order valence-corrected chi connectivity index (χ3v) is 3.37. The molecular weight excluding hydrogens is 214 g/mol. The highest BCUT2D eigenvalue weighted by Crippen LogP contribution is 2.21. The molecule has 0 aliphatic carbocycles. The second-order valence-electron chi connectivity index (χ2n) is 4.74. The van der Waals surface area contributed by atoms with Crippen LogP contribution in [-0.2, 0) is 6.54 Å². The van der Waals surface area contributed by atoms with Gasteiger partial charge in [0.15, 0.2) is 5.82 Å². The Bertz CT molecular complexity index is 366. The molecule has 0 bridgehead atoms. The first-order valence-electron chi connectivity index (χ1n) is 6.13. The molecule has 1 aromatic rings. The van der Waals surface area contributed by atoms with Gasteiger partial charge in [-0.05, 0) is 26.9 Å². The average Bonchev–Trinajstić information content (AvgIpc) is 2.39. The minimum absolute atomic E-state index is 0.451. The third kappa shape index (κ3) is 2.73. The van der Waals surface area contributed by atoms with E-state index in [0.717, 1.165) is 24.6 Å². The molecule has 0 aromatic carbocycles. The van der Waals surface area contributed by atoms with E-state index in [1.807, 2.05) is 0 Å². The average molecular weight is 235 g/mol. The predicted octanol–water partition coefficient (Wildman–Crippen LogP) is 0.466. The molecule has 1 atom stereocenters. The number of hydrogen-bond donors (Lipinski definition) is 1. The summed E-state index contributed by atoms with van der Waals surface area (Å²) in [7, 11) is 4.27. The van der Waals surface area contributed by atoms with Gasteiger partial charge in [-0.2, -0.15) is 0 Å². The van der Waals surface area contributed by atoms with Gasteiger partial charge in [-0.3, -0.25) is 4.98 Å². The zero-order valence-corrected chi connectivity index (χ0v) is 10.6. The van der Waals surface area contributed by atoms with Crippen molar-refractivity contribution in [3.63, 3.8) is 0 Å². The standard InChI is InChI=1S/C12H21N5/c1-16(2)10-4-3-7-17(9-10)12-11(8-13)14-5-6-15-12/h5-6,10H,3-4,7-9,13H2,1-2H3. The minimum atomic E-state index is 0.451. The molecule has 0 spiro atoms. The molecule has 2 rings (SSSR count). The van der Waals surface area contributed by atoms with Crippen LogP contribution < -0.4 is 10.6 Å². The smallest absolute Gasteiger partial charge is 0.151 e. The predicted molar refractivity (Wildman–Crippen MR) is 68.8 cm³/mol. The molecule has 1 saturated heterocycles. The van der Waals surface area contributed by atoms with E-state index in [1.54, 1.807) is 12.4 Å². The largest absolute Gasteiger partial charge is 0.353 e. The first-order chi connectivity index (χ1) is 8.22. The van der Waals surface area contributed by atoms with Crippen LogP contribution >= 0.6 is 0 Å². The Morgan fingerprint density at radius 1 is 1.41 bits per heavy atom. The molecule has 94 valence electrons. The Hall–Kier alpha value is -1.20. The fourth-order valence-corrected chi connectivity index (χ4v) is 2.34. The number of nitrogens with zero attached hydrogens (tertiary/aromatic N) is 4. The van der Waals surface area contributed by atoms with Crippen molar-refractivity contribution in [3.8, 4) is 0 Å². The minimum Gasteiger partial charge on any atom is -0.353 e. The molecule has 0 saturated carbocycles. The molecule has 17 heavy (non-hydrogen) atoms. The van der Waals surface area contributed by atoms with Gasteiger partial charge in [0.05, 0.1) is 5.69 Å². The number of nitrogens with two attached hydrogens (primary N) is 1. The molecule has 0 radical (unpaired) electrons. The van der Waals surface area contributed by atoms with E-state index >= 15 is 0 Å². The van der Waals surface area contributed by atoms with Gasteiger partial charge in [-0.25, -0.2) is 4.98 Å². The van der Waals surface area contributed by atoms with E-state index in [-0.39, 0.29) is 0 Å². The summed E-state index contributed by atoms with van der Waals surface area (Å²) in [5.74, 6) is 0.960.